The topological polar surface area (TPSA) is 99.8 Å². The molecule has 1 aromatic heterocycles. The van der Waals surface area contributed by atoms with Crippen LogP contribution in [-0.4, -0.2) is 30.2 Å². The molecular weight excluding hydrogens is 503 g/mol. The molecule has 0 aliphatic carbocycles. The minimum atomic E-state index is -0.701. The number of aromatic nitrogens is 1. The van der Waals surface area contributed by atoms with E-state index in [2.05, 4.69) is 21.2 Å². The van der Waals surface area contributed by atoms with Crippen LogP contribution < -0.4 is 15.8 Å². The number of methoxy groups -OCH3 is 1. The Morgan fingerprint density at radius 2 is 1.87 bits per heavy atom. The monoisotopic (exact) mass is 516 g/mol. The summed E-state index contributed by atoms with van der Waals surface area (Å²) in [7, 11) is 1.49. The lowest BCUT2D eigenvalue weighted by molar-refractivity contribution is -0.145. The number of nitrogens with zero attached hydrogens (tertiary/aromatic N) is 1. The van der Waals surface area contributed by atoms with Crippen LogP contribution in [0.1, 0.15) is 13.3 Å². The molecule has 0 aliphatic rings. The van der Waals surface area contributed by atoms with Crippen LogP contribution in [0, 0.1) is 0 Å². The quantitative estimate of drug-likeness (QED) is 0.380. The highest BCUT2D eigenvalue weighted by Gasteiger charge is 2.20. The van der Waals surface area contributed by atoms with Gasteiger partial charge < -0.3 is 19.2 Å². The first-order chi connectivity index (χ1) is 14.2. The molecule has 8 nitrogen and oxygen atoms in total. The first-order valence-corrected chi connectivity index (χ1v) is 10.1. The van der Waals surface area contributed by atoms with Crippen LogP contribution in [0.3, 0.4) is 0 Å². The van der Waals surface area contributed by atoms with E-state index < -0.39 is 24.1 Å². The van der Waals surface area contributed by atoms with Crippen LogP contribution in [0.5, 0.6) is 5.75 Å². The third-order valence-corrected chi connectivity index (χ3v) is 5.18. The Labute approximate surface area is 188 Å². The third-order valence-electron chi connectivity index (χ3n) is 3.99. The van der Waals surface area contributed by atoms with Gasteiger partial charge in [0.1, 0.15) is 12.2 Å². The molecule has 2 aromatic carbocycles. The van der Waals surface area contributed by atoms with E-state index in [1.807, 2.05) is 0 Å². The van der Waals surface area contributed by atoms with Crippen molar-refractivity contribution in [1.82, 2.24) is 4.57 Å². The number of nitrogens with one attached hydrogen (secondary N) is 1. The van der Waals surface area contributed by atoms with Crippen molar-refractivity contribution in [2.24, 2.45) is 0 Å². The second-order valence-corrected chi connectivity index (χ2v) is 7.65. The van der Waals surface area contributed by atoms with Crippen molar-refractivity contribution in [3.63, 3.8) is 0 Å². The summed E-state index contributed by atoms with van der Waals surface area (Å²) in [6, 6.07) is 6.02. The Bertz CT molecular complexity index is 1180. The molecule has 0 bridgehead atoms. The average Bonchev–Trinajstić information content (AvgIpc) is 2.95. The van der Waals surface area contributed by atoms with Crippen LogP contribution in [0.15, 0.2) is 37.9 Å². The van der Waals surface area contributed by atoms with Crippen molar-refractivity contribution >= 4 is 67.8 Å². The first-order valence-electron chi connectivity index (χ1n) is 8.59. The van der Waals surface area contributed by atoms with E-state index in [9.17, 15) is 14.4 Å². The maximum Gasteiger partial charge on any atom is 0.424 e. The fourth-order valence-corrected chi connectivity index (χ4v) is 3.94. The zero-order valence-electron chi connectivity index (χ0n) is 15.8. The maximum absolute atomic E-state index is 12.5. The van der Waals surface area contributed by atoms with Gasteiger partial charge in [-0.1, -0.05) is 23.2 Å². The fraction of sp³-hybridized carbons (Fsp3) is 0.211. The molecule has 3 aromatic rings. The van der Waals surface area contributed by atoms with Gasteiger partial charge in [-0.2, -0.15) is 0 Å². The Morgan fingerprint density at radius 3 is 2.47 bits per heavy atom. The van der Waals surface area contributed by atoms with Gasteiger partial charge in [0.15, 0.2) is 5.58 Å². The number of hydrogen-bond acceptors (Lipinski definition) is 6. The number of esters is 1. The lowest BCUT2D eigenvalue weighted by atomic mass is 10.2. The Morgan fingerprint density at radius 1 is 1.20 bits per heavy atom. The number of oxazole rings is 1. The normalized spacial score (nSPS) is 10.8. The number of anilines is 1. The van der Waals surface area contributed by atoms with Gasteiger partial charge in [0.05, 0.1) is 39.4 Å². The van der Waals surface area contributed by atoms with Crippen molar-refractivity contribution in [2.75, 3.05) is 19.0 Å². The van der Waals surface area contributed by atoms with E-state index in [4.69, 9.17) is 37.1 Å². The lowest BCUT2D eigenvalue weighted by Crippen LogP contribution is -2.18. The smallest absolute Gasteiger partial charge is 0.424 e. The highest BCUT2D eigenvalue weighted by molar-refractivity contribution is 9.10. The fourth-order valence-electron chi connectivity index (χ4n) is 2.79. The third kappa shape index (κ3) is 4.48. The van der Waals surface area contributed by atoms with E-state index in [0.717, 1.165) is 0 Å². The molecule has 0 fully saturated rings. The number of benzene rings is 2. The molecule has 158 valence electrons. The van der Waals surface area contributed by atoms with Crippen LogP contribution in [0.2, 0.25) is 10.0 Å². The molecule has 0 spiro atoms. The number of rotatable bonds is 6. The summed E-state index contributed by atoms with van der Waals surface area (Å²) in [5.41, 5.74) is 1.13. The molecule has 0 aliphatic heterocycles. The summed E-state index contributed by atoms with van der Waals surface area (Å²) < 4.78 is 17.0. The number of amides is 1. The Hall–Kier alpha value is -2.49. The first kappa shape index (κ1) is 22.2. The van der Waals surface area contributed by atoms with Gasteiger partial charge in [0, 0.05) is 11.8 Å². The highest BCUT2D eigenvalue weighted by atomic mass is 79.9. The molecule has 1 N–H and O–H groups in total. The zero-order chi connectivity index (χ0) is 22.0. The second kappa shape index (κ2) is 9.11. The minimum Gasteiger partial charge on any atom is -0.495 e. The summed E-state index contributed by atoms with van der Waals surface area (Å²) in [6.45, 7) is 1.82. The van der Waals surface area contributed by atoms with E-state index in [0.29, 0.717) is 15.7 Å². The van der Waals surface area contributed by atoms with Crippen LogP contribution in [0.25, 0.3) is 16.8 Å². The molecule has 11 heteroatoms. The largest absolute Gasteiger partial charge is 0.495 e. The average molecular weight is 518 g/mol. The van der Waals surface area contributed by atoms with Crippen LogP contribution >= 0.6 is 39.1 Å². The molecule has 0 unspecified atom stereocenters. The summed E-state index contributed by atoms with van der Waals surface area (Å²) in [6.07, 6.45) is -0.452. The van der Waals surface area contributed by atoms with Gasteiger partial charge in [0.2, 0.25) is 5.91 Å². The highest BCUT2D eigenvalue weighted by Crippen LogP contribution is 2.36. The van der Waals surface area contributed by atoms with E-state index in [1.54, 1.807) is 19.1 Å². The van der Waals surface area contributed by atoms with Gasteiger partial charge in [-0.25, -0.2) is 9.36 Å². The van der Waals surface area contributed by atoms with Crippen molar-refractivity contribution in [1.29, 1.82) is 0 Å². The molecule has 3 rings (SSSR count). The van der Waals surface area contributed by atoms with Crippen molar-refractivity contribution in [3.05, 3.63) is 49.3 Å². The summed E-state index contributed by atoms with van der Waals surface area (Å²) in [5, 5.41) is 2.70. The zero-order valence-corrected chi connectivity index (χ0v) is 18.9. The van der Waals surface area contributed by atoms with Gasteiger partial charge in [-0.15, -0.1) is 0 Å². The number of halogens is 3. The second-order valence-electron chi connectivity index (χ2n) is 5.98. The Balaban J connectivity index is 2.00. The standard InChI is InChI=1S/C19H15BrCl2N2O6/c1-3-29-17(26)8-16(25)23-9-4-11(21)18(12(22)5-9)24-13-6-10(20)14(28-2)7-15(13)30-19(24)27/h4-7H,3,8H2,1-2H3,(H,23,25). The van der Waals surface area contributed by atoms with E-state index in [1.165, 1.54) is 23.8 Å². The molecule has 0 saturated carbocycles. The van der Waals surface area contributed by atoms with Crippen molar-refractivity contribution in [3.8, 4) is 11.4 Å². The number of hydrogen-bond donors (Lipinski definition) is 1. The number of carbonyl (C=O) groups excluding carboxylic acids is 2. The minimum absolute atomic E-state index is 0.0886. The number of carbonyl (C=O) groups is 2. The molecule has 0 saturated heterocycles. The molecular formula is C19H15BrCl2N2O6. The van der Waals surface area contributed by atoms with Crippen LogP contribution in [0.4, 0.5) is 5.69 Å². The molecule has 1 amide bonds. The van der Waals surface area contributed by atoms with E-state index >= 15 is 0 Å². The van der Waals surface area contributed by atoms with Gasteiger partial charge in [-0.05, 0) is 41.1 Å². The predicted molar refractivity (Wildman–Crippen MR) is 116 cm³/mol. The Kier molecular flexibility index (Phi) is 6.74. The van der Waals surface area contributed by atoms with Crippen molar-refractivity contribution < 1.29 is 23.5 Å². The SMILES string of the molecule is CCOC(=O)CC(=O)Nc1cc(Cl)c(-n2c(=O)oc3cc(OC)c(Br)cc32)c(Cl)c1. The van der Waals surface area contributed by atoms with Gasteiger partial charge in [0.25, 0.3) is 0 Å². The number of fused-ring (bicyclic) bond motifs is 1. The number of ether oxygens (including phenoxy) is 2. The lowest BCUT2D eigenvalue weighted by Gasteiger charge is -2.12. The summed E-state index contributed by atoms with van der Waals surface area (Å²) >= 11 is 16.1. The van der Waals surface area contributed by atoms with Crippen molar-refractivity contribution in [2.45, 2.75) is 13.3 Å². The van der Waals surface area contributed by atoms with Crippen LogP contribution in [-0.2, 0) is 14.3 Å². The molecule has 1 heterocycles. The summed E-state index contributed by atoms with van der Waals surface area (Å²) in [4.78, 5) is 35.9. The molecule has 0 radical (unpaired) electrons. The molecule has 30 heavy (non-hydrogen) atoms. The molecule has 0 atom stereocenters. The maximum atomic E-state index is 12.5. The van der Waals surface area contributed by atoms with E-state index in [-0.39, 0.29) is 33.6 Å². The van der Waals surface area contributed by atoms with Gasteiger partial charge >= 0.3 is 11.7 Å². The predicted octanol–water partition coefficient (Wildman–Crippen LogP) is 4.55. The summed E-state index contributed by atoms with van der Waals surface area (Å²) in [5.74, 6) is -1.45. The van der Waals surface area contributed by atoms with Gasteiger partial charge in [-0.3, -0.25) is 9.59 Å².